The molecule has 0 N–H and O–H groups in total. The second kappa shape index (κ2) is 14.1. The first-order chi connectivity index (χ1) is 20.7. The van der Waals surface area contributed by atoms with Crippen molar-refractivity contribution in [2.45, 2.75) is 46.6 Å². The van der Waals surface area contributed by atoms with Crippen molar-refractivity contribution in [1.29, 1.82) is 5.26 Å². The number of methoxy groups -OCH3 is 2. The number of esters is 1. The van der Waals surface area contributed by atoms with E-state index in [9.17, 15) is 19.6 Å². The highest BCUT2D eigenvalue weighted by Gasteiger charge is 2.34. The van der Waals surface area contributed by atoms with Crippen molar-refractivity contribution in [1.82, 2.24) is 9.47 Å². The number of nitrogens with zero attached hydrogens (tertiary/aromatic N) is 4. The number of amides is 1. The lowest BCUT2D eigenvalue weighted by atomic mass is 9.96. The molecule has 0 spiro atoms. The molecule has 1 unspecified atom stereocenters. The van der Waals surface area contributed by atoms with Crippen LogP contribution in [0.2, 0.25) is 0 Å². The molecule has 43 heavy (non-hydrogen) atoms. The highest BCUT2D eigenvalue weighted by atomic mass is 32.2. The maximum atomic E-state index is 13.6. The van der Waals surface area contributed by atoms with Crippen molar-refractivity contribution in [2.24, 2.45) is 5.92 Å². The summed E-state index contributed by atoms with van der Waals surface area (Å²) in [5, 5.41) is 9.89. The lowest BCUT2D eigenvalue weighted by Gasteiger charge is -2.36. The SMILES string of the molecule is CCOC(=O)C1CCCN(c2c(/C=C3\SC(=S)N(CCc4ccc(OC)c(OC)c4)C3=O)c(C)c(C#N)c(=O)n2CC)C1. The quantitative estimate of drug-likeness (QED) is 0.216. The minimum Gasteiger partial charge on any atom is -0.493 e. The third kappa shape index (κ3) is 6.58. The fraction of sp³-hybridized carbons (Fsp3) is 0.452. The van der Waals surface area contributed by atoms with E-state index in [-0.39, 0.29) is 23.4 Å². The smallest absolute Gasteiger partial charge is 0.310 e. The molecule has 1 aromatic heterocycles. The summed E-state index contributed by atoms with van der Waals surface area (Å²) in [6.07, 6.45) is 3.71. The van der Waals surface area contributed by atoms with Crippen molar-refractivity contribution >= 4 is 52.1 Å². The number of carbonyl (C=O) groups excluding carboxylic acids is 2. The zero-order valence-corrected chi connectivity index (χ0v) is 26.7. The Bertz CT molecular complexity index is 1560. The monoisotopic (exact) mass is 624 g/mol. The molecule has 2 fully saturated rings. The second-order valence-electron chi connectivity index (χ2n) is 10.2. The molecule has 1 atom stereocenters. The number of thioether (sulfide) groups is 1. The Morgan fingerprint density at radius 1 is 1.21 bits per heavy atom. The van der Waals surface area contributed by atoms with Crippen LogP contribution < -0.4 is 19.9 Å². The van der Waals surface area contributed by atoms with E-state index in [2.05, 4.69) is 6.07 Å². The van der Waals surface area contributed by atoms with Crippen LogP contribution in [-0.2, 0) is 27.3 Å². The first-order valence-electron chi connectivity index (χ1n) is 14.2. The van der Waals surface area contributed by atoms with Gasteiger partial charge in [0.2, 0.25) is 0 Å². The van der Waals surface area contributed by atoms with Crippen LogP contribution in [-0.4, -0.2) is 66.1 Å². The summed E-state index contributed by atoms with van der Waals surface area (Å²) in [6.45, 7) is 7.31. The molecule has 0 radical (unpaired) electrons. The number of carbonyl (C=O) groups is 2. The highest BCUT2D eigenvalue weighted by molar-refractivity contribution is 8.26. The van der Waals surface area contributed by atoms with Crippen molar-refractivity contribution in [3.8, 4) is 17.6 Å². The van der Waals surface area contributed by atoms with Crippen LogP contribution in [0.1, 0.15) is 48.9 Å². The number of anilines is 1. The lowest BCUT2D eigenvalue weighted by molar-refractivity contribution is -0.148. The number of hydrogen-bond donors (Lipinski definition) is 0. The fourth-order valence-electron chi connectivity index (χ4n) is 5.50. The van der Waals surface area contributed by atoms with E-state index in [4.69, 9.17) is 26.4 Å². The van der Waals surface area contributed by atoms with E-state index >= 15 is 0 Å². The van der Waals surface area contributed by atoms with Crippen molar-refractivity contribution in [2.75, 3.05) is 45.4 Å². The molecule has 10 nitrogen and oxygen atoms in total. The molecule has 0 bridgehead atoms. The summed E-state index contributed by atoms with van der Waals surface area (Å²) >= 11 is 6.80. The van der Waals surface area contributed by atoms with Gasteiger partial charge in [-0.2, -0.15) is 5.26 Å². The van der Waals surface area contributed by atoms with Gasteiger partial charge < -0.3 is 19.1 Å². The van der Waals surface area contributed by atoms with Crippen LogP contribution in [0, 0.1) is 24.2 Å². The number of aromatic nitrogens is 1. The molecule has 2 aromatic rings. The van der Waals surface area contributed by atoms with E-state index in [0.717, 1.165) is 12.0 Å². The molecule has 1 amide bonds. The lowest BCUT2D eigenvalue weighted by Crippen LogP contribution is -2.43. The van der Waals surface area contributed by atoms with E-state index in [1.807, 2.05) is 30.0 Å². The molecule has 2 saturated heterocycles. The van der Waals surface area contributed by atoms with Crippen molar-refractivity contribution < 1.29 is 23.8 Å². The van der Waals surface area contributed by atoms with Crippen LogP contribution >= 0.6 is 24.0 Å². The number of nitriles is 1. The minimum absolute atomic E-state index is 0.0275. The highest BCUT2D eigenvalue weighted by Crippen LogP contribution is 2.37. The Labute approximate surface area is 261 Å². The molecule has 2 aliphatic heterocycles. The summed E-state index contributed by atoms with van der Waals surface area (Å²) in [4.78, 5) is 43.6. The Kier molecular flexibility index (Phi) is 10.5. The first-order valence-corrected chi connectivity index (χ1v) is 15.5. The van der Waals surface area contributed by atoms with Crippen molar-refractivity contribution in [3.63, 3.8) is 0 Å². The van der Waals surface area contributed by atoms with Gasteiger partial charge in [0.1, 0.15) is 21.8 Å². The predicted molar refractivity (Wildman–Crippen MR) is 171 cm³/mol. The number of thiocarbonyl (C=S) groups is 1. The average Bonchev–Trinajstić information content (AvgIpc) is 3.28. The normalized spacial score (nSPS) is 17.8. The zero-order valence-electron chi connectivity index (χ0n) is 25.1. The second-order valence-corrected chi connectivity index (χ2v) is 11.9. The summed E-state index contributed by atoms with van der Waals surface area (Å²) < 4.78 is 18.0. The van der Waals surface area contributed by atoms with Gasteiger partial charge in [0.25, 0.3) is 11.5 Å². The summed E-state index contributed by atoms with van der Waals surface area (Å²) in [5.74, 6) is 0.978. The van der Waals surface area contributed by atoms with Gasteiger partial charge in [0, 0.05) is 31.7 Å². The Hall–Kier alpha value is -3.82. The first kappa shape index (κ1) is 32.1. The Morgan fingerprint density at radius 3 is 2.60 bits per heavy atom. The van der Waals surface area contributed by atoms with Gasteiger partial charge >= 0.3 is 5.97 Å². The van der Waals surface area contributed by atoms with Crippen LogP contribution in [0.25, 0.3) is 6.08 Å². The largest absolute Gasteiger partial charge is 0.493 e. The third-order valence-corrected chi connectivity index (χ3v) is 9.10. The van der Waals surface area contributed by atoms with Crippen molar-refractivity contribution in [3.05, 3.63) is 55.7 Å². The molecule has 2 aliphatic rings. The maximum absolute atomic E-state index is 13.6. The van der Waals surface area contributed by atoms with Gasteiger partial charge in [-0.1, -0.05) is 30.0 Å². The molecule has 3 heterocycles. The fourth-order valence-corrected chi connectivity index (χ4v) is 6.79. The zero-order chi connectivity index (χ0) is 31.3. The van der Waals surface area contributed by atoms with E-state index in [0.29, 0.717) is 83.3 Å². The van der Waals surface area contributed by atoms with Gasteiger partial charge in [-0.15, -0.1) is 0 Å². The molecule has 12 heteroatoms. The van der Waals surface area contributed by atoms with Gasteiger partial charge in [0.15, 0.2) is 11.5 Å². The van der Waals surface area contributed by atoms with E-state index < -0.39 is 5.56 Å². The van der Waals surface area contributed by atoms with E-state index in [1.165, 1.54) is 11.8 Å². The molecule has 1 aromatic carbocycles. The number of pyridine rings is 1. The third-order valence-electron chi connectivity index (χ3n) is 7.72. The van der Waals surface area contributed by atoms with Gasteiger partial charge in [-0.3, -0.25) is 23.9 Å². The topological polar surface area (TPSA) is 114 Å². The van der Waals surface area contributed by atoms with Crippen LogP contribution in [0.3, 0.4) is 0 Å². The molecular weight excluding hydrogens is 588 g/mol. The molecule has 0 aliphatic carbocycles. The summed E-state index contributed by atoms with van der Waals surface area (Å²) in [6, 6.07) is 7.68. The van der Waals surface area contributed by atoms with Gasteiger partial charge in [-0.25, -0.2) is 0 Å². The number of hydrogen-bond acceptors (Lipinski definition) is 10. The van der Waals surface area contributed by atoms with Crippen LogP contribution in [0.4, 0.5) is 5.82 Å². The van der Waals surface area contributed by atoms with Gasteiger partial charge in [0.05, 0.1) is 31.6 Å². The number of benzene rings is 1. The maximum Gasteiger partial charge on any atom is 0.310 e. The number of ether oxygens (including phenoxy) is 3. The minimum atomic E-state index is -0.393. The van der Waals surface area contributed by atoms with Gasteiger partial charge in [-0.05, 0) is 69.4 Å². The summed E-state index contributed by atoms with van der Waals surface area (Å²) in [5.41, 5.74) is 1.68. The molecule has 228 valence electrons. The summed E-state index contributed by atoms with van der Waals surface area (Å²) in [7, 11) is 3.15. The van der Waals surface area contributed by atoms with Crippen LogP contribution in [0.15, 0.2) is 27.9 Å². The predicted octanol–water partition coefficient (Wildman–Crippen LogP) is 4.29. The molecule has 4 rings (SSSR count). The Morgan fingerprint density at radius 2 is 1.95 bits per heavy atom. The van der Waals surface area contributed by atoms with E-state index in [1.54, 1.807) is 43.6 Å². The number of piperidine rings is 1. The molecular formula is C31H36N4O6S2. The molecule has 0 saturated carbocycles. The van der Waals surface area contributed by atoms with Crippen LogP contribution in [0.5, 0.6) is 11.5 Å². The standard InChI is InChI=1S/C31H36N4O6S2/c1-6-34-27(33-13-8-9-21(18-33)30(38)41-7-2)22(19(3)23(17-32)28(34)36)16-26-29(37)35(31(42)43-26)14-12-20-10-11-24(39-4)25(15-20)40-5/h10-11,15-16,21H,6-9,12-14,18H2,1-5H3/b26-16-. The number of rotatable bonds is 10. The average molecular weight is 625 g/mol. The Balaban J connectivity index is 1.70.